The van der Waals surface area contributed by atoms with Crippen LogP contribution in [0, 0.1) is 5.41 Å². The Kier molecular flexibility index (Phi) is 8.22. The second kappa shape index (κ2) is 10.8. The Bertz CT molecular complexity index is 1120. The van der Waals surface area contributed by atoms with Gasteiger partial charge >= 0.3 is 6.09 Å². The minimum atomic E-state index is -4.03. The molecule has 1 atom stereocenters. The first-order valence-corrected chi connectivity index (χ1v) is 12.9. The summed E-state index contributed by atoms with van der Waals surface area (Å²) < 4.78 is 33.6. The van der Waals surface area contributed by atoms with Crippen LogP contribution in [0.4, 0.5) is 10.5 Å². The summed E-state index contributed by atoms with van der Waals surface area (Å²) in [5.41, 5.74) is 0.954. The number of ether oxygens (including phenoxy) is 1. The van der Waals surface area contributed by atoms with Crippen molar-refractivity contribution >= 4 is 39.3 Å². The average Bonchev–Trinajstić information content (AvgIpc) is 2.90. The van der Waals surface area contributed by atoms with E-state index in [1.165, 1.54) is 28.6 Å². The molecule has 0 spiro atoms. The monoisotopic (exact) mass is 507 g/mol. The van der Waals surface area contributed by atoms with Gasteiger partial charge in [-0.3, -0.25) is 10.1 Å². The molecule has 1 heterocycles. The molecule has 10 heteroatoms. The molecule has 1 saturated heterocycles. The van der Waals surface area contributed by atoms with Gasteiger partial charge in [0.15, 0.2) is 0 Å². The zero-order valence-corrected chi connectivity index (χ0v) is 21.1. The summed E-state index contributed by atoms with van der Waals surface area (Å²) in [5, 5.41) is 5.89. The Balaban J connectivity index is 1.95. The molecule has 1 fully saturated rings. The highest BCUT2D eigenvalue weighted by atomic mass is 35.5. The fourth-order valence-electron chi connectivity index (χ4n) is 3.86. The molecule has 0 radical (unpaired) electrons. The lowest BCUT2D eigenvalue weighted by molar-refractivity contribution is -0.125. The molecule has 3 rings (SSSR count). The molecular formula is C24H30ClN3O5S. The number of nitrogens with one attached hydrogen (secondary N) is 2. The molecule has 0 bridgehead atoms. The summed E-state index contributed by atoms with van der Waals surface area (Å²) in [5.74, 6) is -0.316. The van der Waals surface area contributed by atoms with Crippen molar-refractivity contribution in [2.75, 3.05) is 18.5 Å². The maximum absolute atomic E-state index is 13.7. The lowest BCUT2D eigenvalue weighted by Crippen LogP contribution is -2.49. The Morgan fingerprint density at radius 3 is 2.44 bits per heavy atom. The number of carbonyl (C=O) groups is 2. The van der Waals surface area contributed by atoms with Crippen LogP contribution in [0.5, 0.6) is 0 Å². The van der Waals surface area contributed by atoms with Gasteiger partial charge in [-0.25, -0.2) is 13.2 Å². The zero-order valence-electron chi connectivity index (χ0n) is 19.5. The molecule has 184 valence electrons. The van der Waals surface area contributed by atoms with Gasteiger partial charge in [-0.05, 0) is 67.1 Å². The standard InChI is InChI=1S/C24H30ClN3O5S/c1-4-33-23(30)27-19-9-5-17(6-10-19)16-28(21-15-24(2,3)13-14-26-22(21)29)34(31,32)20-11-7-18(25)8-12-20/h5-12,21H,4,13-16H2,1-3H3,(H,26,29)(H,27,30). The highest BCUT2D eigenvalue weighted by Crippen LogP contribution is 2.33. The van der Waals surface area contributed by atoms with Crippen molar-refractivity contribution in [3.05, 3.63) is 59.1 Å². The van der Waals surface area contributed by atoms with E-state index in [1.54, 1.807) is 31.2 Å². The second-order valence-electron chi connectivity index (χ2n) is 8.97. The number of hydrogen-bond acceptors (Lipinski definition) is 5. The van der Waals surface area contributed by atoms with Crippen LogP contribution in [0.2, 0.25) is 5.02 Å². The van der Waals surface area contributed by atoms with Crippen LogP contribution >= 0.6 is 11.6 Å². The molecule has 0 aromatic heterocycles. The molecule has 1 aliphatic rings. The molecule has 2 aromatic rings. The first-order chi connectivity index (χ1) is 16.0. The van der Waals surface area contributed by atoms with Gasteiger partial charge in [-0.15, -0.1) is 0 Å². The van der Waals surface area contributed by atoms with Crippen molar-refractivity contribution in [1.29, 1.82) is 0 Å². The summed E-state index contributed by atoms with van der Waals surface area (Å²) in [6.07, 6.45) is 0.562. The van der Waals surface area contributed by atoms with Gasteiger partial charge in [0.05, 0.1) is 11.5 Å². The van der Waals surface area contributed by atoms with Crippen molar-refractivity contribution in [3.63, 3.8) is 0 Å². The van der Waals surface area contributed by atoms with Crippen LogP contribution in [0.25, 0.3) is 0 Å². The van der Waals surface area contributed by atoms with E-state index in [0.717, 1.165) is 6.42 Å². The number of sulfonamides is 1. The van der Waals surface area contributed by atoms with E-state index < -0.39 is 22.2 Å². The molecule has 0 aliphatic carbocycles. The molecule has 0 saturated carbocycles. The SMILES string of the molecule is CCOC(=O)Nc1ccc(CN(C2CC(C)(C)CCNC2=O)S(=O)(=O)c2ccc(Cl)cc2)cc1. The Hall–Kier alpha value is -2.62. The fraction of sp³-hybridized carbons (Fsp3) is 0.417. The van der Waals surface area contributed by atoms with Gasteiger partial charge in [0, 0.05) is 23.8 Å². The van der Waals surface area contributed by atoms with Crippen LogP contribution < -0.4 is 10.6 Å². The van der Waals surface area contributed by atoms with Crippen LogP contribution in [0.3, 0.4) is 0 Å². The number of hydrogen-bond donors (Lipinski definition) is 2. The number of amides is 2. The number of halogens is 1. The summed E-state index contributed by atoms with van der Waals surface area (Å²) >= 11 is 5.96. The van der Waals surface area contributed by atoms with Crippen molar-refractivity contribution < 1.29 is 22.7 Å². The third kappa shape index (κ3) is 6.49. The van der Waals surface area contributed by atoms with E-state index in [0.29, 0.717) is 29.2 Å². The molecule has 1 aliphatic heterocycles. The molecular weight excluding hydrogens is 478 g/mol. The van der Waals surface area contributed by atoms with Crippen molar-refractivity contribution in [3.8, 4) is 0 Å². The van der Waals surface area contributed by atoms with E-state index in [-0.39, 0.29) is 29.4 Å². The van der Waals surface area contributed by atoms with Gasteiger partial charge in [-0.2, -0.15) is 4.31 Å². The van der Waals surface area contributed by atoms with Crippen molar-refractivity contribution in [2.45, 2.75) is 51.1 Å². The molecule has 8 nitrogen and oxygen atoms in total. The van der Waals surface area contributed by atoms with E-state index in [2.05, 4.69) is 10.6 Å². The number of carbonyl (C=O) groups excluding carboxylic acids is 2. The highest BCUT2D eigenvalue weighted by molar-refractivity contribution is 7.89. The third-order valence-corrected chi connectivity index (χ3v) is 7.85. The van der Waals surface area contributed by atoms with Crippen LogP contribution in [-0.4, -0.2) is 43.9 Å². The number of benzene rings is 2. The molecule has 2 amide bonds. The van der Waals surface area contributed by atoms with Crippen molar-refractivity contribution in [2.24, 2.45) is 5.41 Å². The Morgan fingerprint density at radius 2 is 1.82 bits per heavy atom. The van der Waals surface area contributed by atoms with E-state index >= 15 is 0 Å². The van der Waals surface area contributed by atoms with E-state index in [4.69, 9.17) is 16.3 Å². The molecule has 2 N–H and O–H groups in total. The van der Waals surface area contributed by atoms with E-state index in [9.17, 15) is 18.0 Å². The highest BCUT2D eigenvalue weighted by Gasteiger charge is 2.40. The number of rotatable bonds is 7. The Morgan fingerprint density at radius 1 is 1.18 bits per heavy atom. The Labute approximate surface area is 205 Å². The minimum absolute atomic E-state index is 0.0151. The van der Waals surface area contributed by atoms with Gasteiger partial charge in [0.2, 0.25) is 15.9 Å². The summed E-state index contributed by atoms with van der Waals surface area (Å²) in [6, 6.07) is 11.8. The summed E-state index contributed by atoms with van der Waals surface area (Å²) in [4.78, 5) is 24.7. The summed E-state index contributed by atoms with van der Waals surface area (Å²) in [6.45, 7) is 6.50. The zero-order chi connectivity index (χ0) is 24.9. The maximum Gasteiger partial charge on any atom is 0.411 e. The van der Waals surface area contributed by atoms with Crippen LogP contribution in [0.1, 0.15) is 39.2 Å². The number of anilines is 1. The predicted octanol–water partition coefficient (Wildman–Crippen LogP) is 4.40. The van der Waals surface area contributed by atoms with Gasteiger partial charge in [-0.1, -0.05) is 37.6 Å². The molecule has 2 aromatic carbocycles. The first kappa shape index (κ1) is 26.0. The average molecular weight is 508 g/mol. The number of nitrogens with zero attached hydrogens (tertiary/aromatic N) is 1. The second-order valence-corrected chi connectivity index (χ2v) is 11.3. The molecule has 1 unspecified atom stereocenters. The van der Waals surface area contributed by atoms with Gasteiger partial charge in [0.25, 0.3) is 0 Å². The lowest BCUT2D eigenvalue weighted by atomic mass is 9.83. The van der Waals surface area contributed by atoms with Crippen LogP contribution in [-0.2, 0) is 26.1 Å². The predicted molar refractivity (Wildman–Crippen MR) is 131 cm³/mol. The first-order valence-electron chi connectivity index (χ1n) is 11.1. The molecule has 34 heavy (non-hydrogen) atoms. The van der Waals surface area contributed by atoms with Crippen LogP contribution in [0.15, 0.2) is 53.4 Å². The third-order valence-electron chi connectivity index (χ3n) is 5.73. The normalized spacial score (nSPS) is 18.1. The smallest absolute Gasteiger partial charge is 0.411 e. The lowest BCUT2D eigenvalue weighted by Gasteiger charge is -2.33. The minimum Gasteiger partial charge on any atom is -0.450 e. The fourth-order valence-corrected chi connectivity index (χ4v) is 5.56. The van der Waals surface area contributed by atoms with Crippen molar-refractivity contribution in [1.82, 2.24) is 9.62 Å². The summed E-state index contributed by atoms with van der Waals surface area (Å²) in [7, 11) is -4.03. The maximum atomic E-state index is 13.7. The van der Waals surface area contributed by atoms with Gasteiger partial charge in [0.1, 0.15) is 6.04 Å². The largest absolute Gasteiger partial charge is 0.450 e. The quantitative estimate of drug-likeness (QED) is 0.577. The van der Waals surface area contributed by atoms with Gasteiger partial charge < -0.3 is 10.1 Å². The van der Waals surface area contributed by atoms with E-state index in [1.807, 2.05) is 13.8 Å². The topological polar surface area (TPSA) is 105 Å².